The van der Waals surface area contributed by atoms with Gasteiger partial charge < -0.3 is 9.73 Å². The van der Waals surface area contributed by atoms with Crippen LogP contribution < -0.4 is 11.1 Å². The van der Waals surface area contributed by atoms with Crippen molar-refractivity contribution in [2.45, 2.75) is 32.6 Å². The largest absolute Gasteiger partial charge is 0.428 e. The number of amides is 1. The molecule has 3 aromatic rings. The number of nitrogens with one attached hydrogen (secondary N) is 1. The van der Waals surface area contributed by atoms with Gasteiger partial charge in [-0.1, -0.05) is 37.3 Å². The average molecular weight is 366 g/mol. The van der Waals surface area contributed by atoms with Gasteiger partial charge in [-0.25, -0.2) is 9.59 Å². The summed E-state index contributed by atoms with van der Waals surface area (Å²) in [6, 6.07) is 14.3. The van der Waals surface area contributed by atoms with Gasteiger partial charge in [0.25, 0.3) is 0 Å². The molecule has 0 spiro atoms. The number of fused-ring (bicyclic) bond motifs is 1. The van der Waals surface area contributed by atoms with E-state index in [1.165, 1.54) is 11.6 Å². The molecule has 0 fully saturated rings. The highest BCUT2D eigenvalue weighted by molar-refractivity contribution is 5.99. The zero-order valence-corrected chi connectivity index (χ0v) is 15.2. The van der Waals surface area contributed by atoms with Gasteiger partial charge in [0, 0.05) is 18.5 Å². The highest BCUT2D eigenvalue weighted by Crippen LogP contribution is 2.16. The van der Waals surface area contributed by atoms with Crippen molar-refractivity contribution < 1.29 is 14.0 Å². The summed E-state index contributed by atoms with van der Waals surface area (Å²) in [6.45, 7) is 2.23. The first kappa shape index (κ1) is 18.6. The van der Waals surface area contributed by atoms with Crippen molar-refractivity contribution in [3.8, 4) is 0 Å². The summed E-state index contributed by atoms with van der Waals surface area (Å²) in [5, 5.41) is 2.75. The Morgan fingerprint density at radius 2 is 1.85 bits per heavy atom. The summed E-state index contributed by atoms with van der Waals surface area (Å²) in [4.78, 5) is 36.2. The van der Waals surface area contributed by atoms with Crippen LogP contribution in [0.1, 0.15) is 42.1 Å². The van der Waals surface area contributed by atoms with Crippen LogP contribution in [0.3, 0.4) is 0 Å². The molecule has 0 bridgehead atoms. The van der Waals surface area contributed by atoms with Crippen LogP contribution in [0.25, 0.3) is 11.1 Å². The molecule has 6 nitrogen and oxygen atoms in total. The fourth-order valence-electron chi connectivity index (χ4n) is 2.96. The first-order valence-corrected chi connectivity index (χ1v) is 9.11. The molecule has 0 aliphatic carbocycles. The summed E-state index contributed by atoms with van der Waals surface area (Å²) >= 11 is 0. The molecule has 3 rings (SSSR count). The quantitative estimate of drug-likeness (QED) is 0.510. The van der Waals surface area contributed by atoms with Crippen LogP contribution in [0.4, 0.5) is 4.79 Å². The molecular weight excluding hydrogens is 344 g/mol. The normalized spacial score (nSPS) is 10.9. The van der Waals surface area contributed by atoms with E-state index < -0.39 is 11.8 Å². The van der Waals surface area contributed by atoms with Crippen LogP contribution in [0.2, 0.25) is 0 Å². The van der Waals surface area contributed by atoms with Gasteiger partial charge in [-0.05, 0) is 43.0 Å². The second-order valence-corrected chi connectivity index (χ2v) is 6.34. The topological polar surface area (TPSA) is 81.3 Å². The molecule has 1 aromatic heterocycles. The number of carbonyl (C=O) groups excluding carboxylic acids is 2. The van der Waals surface area contributed by atoms with E-state index in [0.29, 0.717) is 24.0 Å². The van der Waals surface area contributed by atoms with Crippen molar-refractivity contribution in [1.29, 1.82) is 0 Å². The first-order valence-electron chi connectivity index (χ1n) is 9.11. The lowest BCUT2D eigenvalue weighted by Gasteiger charge is -2.06. The van der Waals surface area contributed by atoms with E-state index in [1.807, 2.05) is 18.2 Å². The minimum absolute atomic E-state index is 0.0461. The SMILES string of the molecule is CCC(=O)c1ccc2c(c1)oc(=O)n2C(=O)NCCCCc1ccccc1. The van der Waals surface area contributed by atoms with Crippen molar-refractivity contribution in [2.24, 2.45) is 0 Å². The number of carbonyl (C=O) groups is 2. The van der Waals surface area contributed by atoms with Crippen molar-refractivity contribution in [3.05, 3.63) is 70.2 Å². The van der Waals surface area contributed by atoms with Crippen LogP contribution in [0.5, 0.6) is 0 Å². The predicted molar refractivity (Wildman–Crippen MR) is 103 cm³/mol. The van der Waals surface area contributed by atoms with Crippen LogP contribution >= 0.6 is 0 Å². The molecule has 140 valence electrons. The van der Waals surface area contributed by atoms with Crippen molar-refractivity contribution in [2.75, 3.05) is 6.54 Å². The van der Waals surface area contributed by atoms with Gasteiger partial charge >= 0.3 is 11.8 Å². The van der Waals surface area contributed by atoms with Gasteiger partial charge in [0.1, 0.15) is 0 Å². The van der Waals surface area contributed by atoms with Gasteiger partial charge in [-0.15, -0.1) is 0 Å². The van der Waals surface area contributed by atoms with E-state index in [1.54, 1.807) is 19.1 Å². The Kier molecular flexibility index (Phi) is 5.86. The minimum Gasteiger partial charge on any atom is -0.407 e. The molecule has 1 amide bonds. The summed E-state index contributed by atoms with van der Waals surface area (Å²) in [5.41, 5.74) is 2.32. The maximum Gasteiger partial charge on any atom is 0.428 e. The number of oxazole rings is 1. The third kappa shape index (κ3) is 4.34. The van der Waals surface area contributed by atoms with E-state index >= 15 is 0 Å². The highest BCUT2D eigenvalue weighted by atomic mass is 16.4. The third-order valence-electron chi connectivity index (χ3n) is 4.44. The van der Waals surface area contributed by atoms with Crippen LogP contribution in [0, 0.1) is 0 Å². The number of hydrogen-bond donors (Lipinski definition) is 1. The molecule has 1 N–H and O–H groups in total. The summed E-state index contributed by atoms with van der Waals surface area (Å²) in [5.74, 6) is -0.803. The zero-order valence-electron chi connectivity index (χ0n) is 15.2. The number of aromatic nitrogens is 1. The number of rotatable bonds is 7. The summed E-state index contributed by atoms with van der Waals surface area (Å²) in [6.07, 6.45) is 3.05. The molecule has 0 unspecified atom stereocenters. The van der Waals surface area contributed by atoms with Gasteiger partial charge in [0.05, 0.1) is 5.52 Å². The Morgan fingerprint density at radius 1 is 1.07 bits per heavy atom. The molecule has 1 heterocycles. The standard InChI is InChI=1S/C21H22N2O4/c1-2-18(24)16-11-12-17-19(14-16)27-21(26)23(17)20(25)22-13-7-6-10-15-8-4-3-5-9-15/h3-5,8-9,11-12,14H,2,6-7,10,13H2,1H3,(H,22,25). The Bertz CT molecular complexity index is 1000. The highest BCUT2D eigenvalue weighted by Gasteiger charge is 2.17. The minimum atomic E-state index is -0.757. The zero-order chi connectivity index (χ0) is 19.2. The lowest BCUT2D eigenvalue weighted by Crippen LogP contribution is -2.34. The predicted octanol–water partition coefficient (Wildman–Crippen LogP) is 3.77. The smallest absolute Gasteiger partial charge is 0.407 e. The third-order valence-corrected chi connectivity index (χ3v) is 4.44. The fourth-order valence-corrected chi connectivity index (χ4v) is 2.96. The maximum atomic E-state index is 12.4. The summed E-state index contributed by atoms with van der Waals surface area (Å²) < 4.78 is 6.10. The number of unbranched alkanes of at least 4 members (excludes halogenated alkanes) is 1. The van der Waals surface area contributed by atoms with Crippen molar-refractivity contribution in [1.82, 2.24) is 9.88 Å². The Balaban J connectivity index is 1.61. The Labute approximate surface area is 156 Å². The first-order chi connectivity index (χ1) is 13.1. The molecule has 0 atom stereocenters. The van der Waals surface area contributed by atoms with Gasteiger partial charge in [-0.2, -0.15) is 4.57 Å². The number of Topliss-reactive ketones (excluding diaryl/α,β-unsaturated/α-hetero) is 1. The molecule has 0 radical (unpaired) electrons. The number of nitrogens with zero attached hydrogens (tertiary/aromatic N) is 1. The van der Waals surface area contributed by atoms with E-state index in [4.69, 9.17) is 4.42 Å². The lowest BCUT2D eigenvalue weighted by molar-refractivity contribution is 0.0988. The van der Waals surface area contributed by atoms with E-state index in [9.17, 15) is 14.4 Å². The van der Waals surface area contributed by atoms with Crippen LogP contribution in [0.15, 0.2) is 57.7 Å². The van der Waals surface area contributed by atoms with Crippen LogP contribution in [-0.2, 0) is 6.42 Å². The van der Waals surface area contributed by atoms with Gasteiger partial charge in [0.2, 0.25) is 0 Å². The molecular formula is C21H22N2O4. The molecule has 0 saturated heterocycles. The molecule has 0 aliphatic heterocycles. The Morgan fingerprint density at radius 3 is 2.59 bits per heavy atom. The monoisotopic (exact) mass is 366 g/mol. The second-order valence-electron chi connectivity index (χ2n) is 6.34. The van der Waals surface area contributed by atoms with Crippen LogP contribution in [-0.4, -0.2) is 22.9 Å². The number of ketones is 1. The maximum absolute atomic E-state index is 12.4. The number of hydrogen-bond acceptors (Lipinski definition) is 4. The molecule has 2 aromatic carbocycles. The lowest BCUT2D eigenvalue weighted by atomic mass is 10.1. The van der Waals surface area contributed by atoms with E-state index in [2.05, 4.69) is 17.4 Å². The van der Waals surface area contributed by atoms with Crippen molar-refractivity contribution in [3.63, 3.8) is 0 Å². The molecule has 0 saturated carbocycles. The molecule has 0 aliphatic rings. The number of aryl methyl sites for hydroxylation is 1. The van der Waals surface area contributed by atoms with Gasteiger partial charge in [-0.3, -0.25) is 4.79 Å². The van der Waals surface area contributed by atoms with Crippen molar-refractivity contribution >= 4 is 22.9 Å². The van der Waals surface area contributed by atoms with E-state index in [-0.39, 0.29) is 11.4 Å². The molecule has 27 heavy (non-hydrogen) atoms. The number of benzene rings is 2. The van der Waals surface area contributed by atoms with E-state index in [0.717, 1.165) is 23.8 Å². The fraction of sp³-hybridized carbons (Fsp3) is 0.286. The average Bonchev–Trinajstić information content (AvgIpc) is 3.02. The van der Waals surface area contributed by atoms with Gasteiger partial charge in [0.15, 0.2) is 11.4 Å². The second kappa shape index (κ2) is 8.49. The Hall–Kier alpha value is -3.15. The summed E-state index contributed by atoms with van der Waals surface area (Å²) in [7, 11) is 0. The molecule has 6 heteroatoms.